The lowest BCUT2D eigenvalue weighted by Gasteiger charge is -2.21. The van der Waals surface area contributed by atoms with Gasteiger partial charge in [0.2, 0.25) is 0 Å². The van der Waals surface area contributed by atoms with Crippen LogP contribution in [0.4, 0.5) is 0 Å². The van der Waals surface area contributed by atoms with Crippen LogP contribution in [0, 0.1) is 11.8 Å². The third-order valence-electron chi connectivity index (χ3n) is 16.0. The topological polar surface area (TPSA) is 237 Å². The van der Waals surface area contributed by atoms with E-state index in [4.69, 9.17) is 37.0 Å². The van der Waals surface area contributed by atoms with Gasteiger partial charge in [-0.3, -0.25) is 37.3 Å². The van der Waals surface area contributed by atoms with Crippen LogP contribution >= 0.6 is 15.6 Å². The van der Waals surface area contributed by atoms with Gasteiger partial charge < -0.3 is 33.8 Å². The first kappa shape index (κ1) is 86.1. The fourth-order valence-electron chi connectivity index (χ4n) is 10.4. The number of carbonyl (C=O) groups excluding carboxylic acids is 4. The van der Waals surface area contributed by atoms with Crippen molar-refractivity contribution in [1.82, 2.24) is 0 Å². The Bertz CT molecular complexity index is 1720. The maximum absolute atomic E-state index is 13.0. The summed E-state index contributed by atoms with van der Waals surface area (Å²) in [5, 5.41) is 10.6. The van der Waals surface area contributed by atoms with Crippen LogP contribution in [0.5, 0.6) is 0 Å². The number of hydrogen-bond donors (Lipinski definition) is 3. The second kappa shape index (κ2) is 61.3. The molecule has 0 aromatic heterocycles. The number of unbranched alkanes of at least 4 members (excludes halogenated alkanes) is 38. The van der Waals surface area contributed by atoms with Crippen LogP contribution in [0.2, 0.25) is 0 Å². The Morgan fingerprint density at radius 2 is 0.523 bits per heavy atom. The second-order valence-electron chi connectivity index (χ2n) is 25.9. The van der Waals surface area contributed by atoms with E-state index in [2.05, 4.69) is 41.5 Å². The summed E-state index contributed by atoms with van der Waals surface area (Å²) in [5.41, 5.74) is 0. The fourth-order valence-corrected chi connectivity index (χ4v) is 12.0. The molecule has 0 bridgehead atoms. The Kier molecular flexibility index (Phi) is 59.9. The predicted molar refractivity (Wildman–Crippen MR) is 354 cm³/mol. The molecule has 0 amide bonds. The number of hydrogen-bond acceptors (Lipinski definition) is 15. The zero-order valence-corrected chi connectivity index (χ0v) is 58.8. The molecule has 0 rings (SSSR count). The summed E-state index contributed by atoms with van der Waals surface area (Å²) >= 11 is 0. The molecule has 522 valence electrons. The molecule has 0 saturated heterocycles. The molecule has 17 nitrogen and oxygen atoms in total. The van der Waals surface area contributed by atoms with Crippen LogP contribution in [0.25, 0.3) is 0 Å². The minimum Gasteiger partial charge on any atom is -0.462 e. The standard InChI is InChI=1S/C69H134O17P2/c1-7-9-11-13-15-17-21-28-35-41-47-53-68(73)85-64(57-79-66(71)51-45-39-33-25-16-14-12-10-8-2)59-83-87(75,76)81-55-63(70)56-82-88(77,78)84-60-65(58-80-67(72)52-46-40-34-30-24-27-32-38-44-50-62(5)6)86-69(74)54-48-42-36-29-23-20-18-19-22-26-31-37-43-49-61(3)4/h61-65,70H,7-60H2,1-6H3,(H,75,76)(H,77,78)/t63-,64+,65+/m0/s1. The third-order valence-corrected chi connectivity index (χ3v) is 17.9. The third kappa shape index (κ3) is 62.8. The summed E-state index contributed by atoms with van der Waals surface area (Å²) < 4.78 is 68.2. The molecule has 19 heteroatoms. The van der Waals surface area contributed by atoms with Gasteiger partial charge in [0.25, 0.3) is 0 Å². The molecule has 0 heterocycles. The molecular weight excluding hydrogens is 1160 g/mol. The predicted octanol–water partition coefficient (Wildman–Crippen LogP) is 19.6. The Labute approximate surface area is 537 Å². The minimum atomic E-state index is -4.95. The molecular formula is C69H134O17P2. The van der Waals surface area contributed by atoms with Crippen molar-refractivity contribution in [2.75, 3.05) is 39.6 Å². The smallest absolute Gasteiger partial charge is 0.462 e. The monoisotopic (exact) mass is 1300 g/mol. The molecule has 0 aliphatic heterocycles. The highest BCUT2D eigenvalue weighted by Gasteiger charge is 2.30. The van der Waals surface area contributed by atoms with Crippen LogP contribution in [-0.4, -0.2) is 96.7 Å². The first-order valence-corrected chi connectivity index (χ1v) is 39.0. The molecule has 88 heavy (non-hydrogen) atoms. The van der Waals surface area contributed by atoms with Gasteiger partial charge in [-0.15, -0.1) is 0 Å². The van der Waals surface area contributed by atoms with Crippen LogP contribution in [0.1, 0.15) is 350 Å². The lowest BCUT2D eigenvalue weighted by Crippen LogP contribution is -2.30. The van der Waals surface area contributed by atoms with E-state index >= 15 is 0 Å². The van der Waals surface area contributed by atoms with Crippen molar-refractivity contribution >= 4 is 39.5 Å². The van der Waals surface area contributed by atoms with Crippen molar-refractivity contribution in [2.24, 2.45) is 11.8 Å². The zero-order chi connectivity index (χ0) is 65.0. The van der Waals surface area contributed by atoms with Gasteiger partial charge in [0.15, 0.2) is 12.2 Å². The highest BCUT2D eigenvalue weighted by atomic mass is 31.2. The van der Waals surface area contributed by atoms with E-state index in [0.717, 1.165) is 102 Å². The lowest BCUT2D eigenvalue weighted by atomic mass is 10.0. The number of rotatable bonds is 68. The first-order valence-electron chi connectivity index (χ1n) is 36.0. The quantitative estimate of drug-likeness (QED) is 0.0222. The van der Waals surface area contributed by atoms with Gasteiger partial charge in [0, 0.05) is 25.7 Å². The maximum Gasteiger partial charge on any atom is 0.472 e. The normalized spacial score (nSPS) is 14.2. The summed E-state index contributed by atoms with van der Waals surface area (Å²) in [4.78, 5) is 72.4. The molecule has 0 saturated carbocycles. The Hall–Kier alpha value is -1.94. The lowest BCUT2D eigenvalue weighted by molar-refractivity contribution is -0.161. The number of phosphoric acid groups is 2. The van der Waals surface area contributed by atoms with E-state index in [-0.39, 0.29) is 25.7 Å². The van der Waals surface area contributed by atoms with Crippen LogP contribution in [0.3, 0.4) is 0 Å². The van der Waals surface area contributed by atoms with Gasteiger partial charge in [-0.2, -0.15) is 0 Å². The number of aliphatic hydroxyl groups excluding tert-OH is 1. The van der Waals surface area contributed by atoms with Crippen molar-refractivity contribution in [3.8, 4) is 0 Å². The van der Waals surface area contributed by atoms with E-state index in [9.17, 15) is 43.2 Å². The fraction of sp³-hybridized carbons (Fsp3) is 0.942. The van der Waals surface area contributed by atoms with Crippen LogP contribution in [-0.2, 0) is 65.4 Å². The minimum absolute atomic E-state index is 0.107. The van der Waals surface area contributed by atoms with Crippen molar-refractivity contribution in [3.63, 3.8) is 0 Å². The molecule has 0 aromatic rings. The average molecular weight is 1300 g/mol. The summed E-state index contributed by atoms with van der Waals surface area (Å²) in [5.74, 6) is -0.596. The van der Waals surface area contributed by atoms with Gasteiger partial charge in [-0.1, -0.05) is 298 Å². The summed E-state index contributed by atoms with van der Waals surface area (Å²) in [7, 11) is -9.89. The molecule has 0 aliphatic carbocycles. The van der Waals surface area contributed by atoms with E-state index in [1.807, 2.05) is 0 Å². The average Bonchev–Trinajstić information content (AvgIpc) is 3.69. The van der Waals surface area contributed by atoms with E-state index in [0.29, 0.717) is 25.7 Å². The van der Waals surface area contributed by atoms with Crippen LogP contribution < -0.4 is 0 Å². The summed E-state index contributed by atoms with van der Waals surface area (Å²) in [6.07, 6.45) is 45.7. The van der Waals surface area contributed by atoms with Gasteiger partial charge in [0.1, 0.15) is 19.3 Å². The van der Waals surface area contributed by atoms with Gasteiger partial charge >= 0.3 is 39.5 Å². The highest BCUT2D eigenvalue weighted by Crippen LogP contribution is 2.45. The van der Waals surface area contributed by atoms with Gasteiger partial charge in [0.05, 0.1) is 26.4 Å². The zero-order valence-electron chi connectivity index (χ0n) is 57.0. The molecule has 0 aliphatic rings. The van der Waals surface area contributed by atoms with E-state index < -0.39 is 97.5 Å². The number of aliphatic hydroxyl groups is 1. The molecule has 2 unspecified atom stereocenters. The van der Waals surface area contributed by atoms with Crippen LogP contribution in [0.15, 0.2) is 0 Å². The Morgan fingerprint density at radius 3 is 0.773 bits per heavy atom. The largest absolute Gasteiger partial charge is 0.472 e. The Morgan fingerprint density at radius 1 is 0.307 bits per heavy atom. The van der Waals surface area contributed by atoms with Gasteiger partial charge in [-0.25, -0.2) is 9.13 Å². The molecule has 0 spiro atoms. The Balaban J connectivity index is 5.23. The van der Waals surface area contributed by atoms with Crippen molar-refractivity contribution < 1.29 is 80.2 Å². The second-order valence-corrected chi connectivity index (χ2v) is 28.8. The summed E-state index contributed by atoms with van der Waals surface area (Å²) in [6, 6.07) is 0. The number of carbonyl (C=O) groups is 4. The van der Waals surface area contributed by atoms with Crippen molar-refractivity contribution in [3.05, 3.63) is 0 Å². The highest BCUT2D eigenvalue weighted by molar-refractivity contribution is 7.47. The number of phosphoric ester groups is 2. The molecule has 0 radical (unpaired) electrons. The SMILES string of the molecule is CCCCCCCCCCCCCC(=O)O[C@H](COC(=O)CCCCCCCCCCC)COP(=O)(O)OC[C@H](O)COP(=O)(O)OC[C@@H](COC(=O)CCCCCCCCCCCC(C)C)OC(=O)CCCCCCCCCCCCCCCC(C)C. The van der Waals surface area contributed by atoms with Gasteiger partial charge in [-0.05, 0) is 37.5 Å². The molecule has 5 atom stereocenters. The number of esters is 4. The first-order chi connectivity index (χ1) is 42.4. The molecule has 0 aromatic carbocycles. The van der Waals surface area contributed by atoms with Crippen molar-refractivity contribution in [1.29, 1.82) is 0 Å². The maximum atomic E-state index is 13.0. The number of ether oxygens (including phenoxy) is 4. The summed E-state index contributed by atoms with van der Waals surface area (Å²) in [6.45, 7) is 9.52. The van der Waals surface area contributed by atoms with E-state index in [1.165, 1.54) is 167 Å². The molecule has 0 fully saturated rings. The molecule has 3 N–H and O–H groups in total. The van der Waals surface area contributed by atoms with E-state index in [1.54, 1.807) is 0 Å². The van der Waals surface area contributed by atoms with Crippen molar-refractivity contribution in [2.45, 2.75) is 368 Å².